The molecule has 27 heavy (non-hydrogen) atoms. The summed E-state index contributed by atoms with van der Waals surface area (Å²) in [4.78, 5) is 12.1. The summed E-state index contributed by atoms with van der Waals surface area (Å²) in [5, 5.41) is 8.84. The Morgan fingerprint density at radius 1 is 1.19 bits per heavy atom. The van der Waals surface area contributed by atoms with Crippen molar-refractivity contribution in [1.29, 1.82) is 0 Å². The van der Waals surface area contributed by atoms with Gasteiger partial charge in [0.05, 0.1) is 21.5 Å². The average molecular weight is 477 g/mol. The first-order chi connectivity index (χ1) is 12.9. The topological polar surface area (TPSA) is 46.9 Å². The summed E-state index contributed by atoms with van der Waals surface area (Å²) >= 11 is 25.9. The smallest absolute Gasteiger partial charge is 0.230 e. The lowest BCUT2D eigenvalue weighted by atomic mass is 10.2. The number of thioether (sulfide) groups is 1. The van der Waals surface area contributed by atoms with E-state index in [4.69, 9.17) is 47.0 Å². The molecule has 10 heteroatoms. The van der Waals surface area contributed by atoms with Crippen LogP contribution in [0.5, 0.6) is 0 Å². The van der Waals surface area contributed by atoms with Crippen LogP contribution in [0.2, 0.25) is 15.1 Å². The van der Waals surface area contributed by atoms with Gasteiger partial charge >= 0.3 is 0 Å². The number of nitrogens with zero attached hydrogens (tertiary/aromatic N) is 2. The first-order valence-corrected chi connectivity index (χ1v) is 11.0. The average Bonchev–Trinajstić information content (AvgIpc) is 3.01. The fourth-order valence-electron chi connectivity index (χ4n) is 2.12. The molecule has 0 bridgehead atoms. The molecule has 0 aliphatic heterocycles. The van der Waals surface area contributed by atoms with E-state index in [-0.39, 0.29) is 11.7 Å². The monoisotopic (exact) mass is 475 g/mol. The molecular formula is C17H12Cl3N3OS3. The van der Waals surface area contributed by atoms with Crippen LogP contribution in [0, 0.1) is 3.95 Å². The lowest BCUT2D eigenvalue weighted by molar-refractivity contribution is -0.118. The minimum atomic E-state index is -0.0952. The fourth-order valence-corrected chi connectivity index (χ4v) is 4.82. The Hall–Kier alpha value is -1.09. The van der Waals surface area contributed by atoms with Gasteiger partial charge in [-0.05, 0) is 48.1 Å². The second kappa shape index (κ2) is 9.41. The highest BCUT2D eigenvalue weighted by Gasteiger charge is 2.10. The second-order valence-corrected chi connectivity index (χ2v) is 9.44. The van der Waals surface area contributed by atoms with Crippen molar-refractivity contribution < 1.29 is 4.79 Å². The van der Waals surface area contributed by atoms with Gasteiger partial charge in [0.2, 0.25) is 5.91 Å². The van der Waals surface area contributed by atoms with Crippen LogP contribution in [0.3, 0.4) is 0 Å². The number of hydrogen-bond donors (Lipinski definition) is 1. The van der Waals surface area contributed by atoms with Crippen molar-refractivity contribution in [2.45, 2.75) is 10.9 Å². The molecule has 1 N–H and O–H groups in total. The third kappa shape index (κ3) is 5.70. The number of carbonyl (C=O) groups is 1. The van der Waals surface area contributed by atoms with E-state index >= 15 is 0 Å². The highest BCUT2D eigenvalue weighted by atomic mass is 35.5. The molecule has 1 aromatic heterocycles. The van der Waals surface area contributed by atoms with Gasteiger partial charge in [-0.3, -0.25) is 4.79 Å². The lowest BCUT2D eigenvalue weighted by Crippen LogP contribution is -2.24. The Kier molecular flexibility index (Phi) is 7.19. The summed E-state index contributed by atoms with van der Waals surface area (Å²) in [5.41, 5.74) is 1.67. The largest absolute Gasteiger partial charge is 0.351 e. The normalized spacial score (nSPS) is 10.8. The number of benzene rings is 2. The van der Waals surface area contributed by atoms with E-state index < -0.39 is 0 Å². The van der Waals surface area contributed by atoms with Gasteiger partial charge in [0, 0.05) is 11.6 Å². The Bertz CT molecular complexity index is 1040. The maximum absolute atomic E-state index is 12.1. The van der Waals surface area contributed by atoms with Crippen LogP contribution in [0.25, 0.3) is 5.69 Å². The van der Waals surface area contributed by atoms with Crippen molar-refractivity contribution in [2.75, 3.05) is 5.75 Å². The van der Waals surface area contributed by atoms with Gasteiger partial charge in [0.25, 0.3) is 0 Å². The van der Waals surface area contributed by atoms with E-state index in [9.17, 15) is 4.79 Å². The highest BCUT2D eigenvalue weighted by Crippen LogP contribution is 2.27. The summed E-state index contributed by atoms with van der Waals surface area (Å²) in [6, 6.07) is 12.5. The number of carbonyl (C=O) groups excluding carboxylic acids is 1. The standard InChI is InChI=1S/C17H12Cl3N3OS3/c18-11-3-1-2-10(6-11)8-21-15(24)9-26-16-22-23(17(25)27-16)12-4-5-13(19)14(20)7-12/h1-7H,8-9H2,(H,21,24). The van der Waals surface area contributed by atoms with E-state index in [0.717, 1.165) is 11.3 Å². The van der Waals surface area contributed by atoms with Gasteiger partial charge in [0.1, 0.15) is 0 Å². The van der Waals surface area contributed by atoms with E-state index in [1.807, 2.05) is 18.2 Å². The van der Waals surface area contributed by atoms with Crippen molar-refractivity contribution in [3.8, 4) is 5.69 Å². The number of rotatable bonds is 6. The summed E-state index contributed by atoms with van der Waals surface area (Å²) in [5.74, 6) is 0.145. The van der Waals surface area contributed by atoms with Gasteiger partial charge < -0.3 is 5.32 Å². The van der Waals surface area contributed by atoms with Crippen LogP contribution >= 0.6 is 70.1 Å². The minimum Gasteiger partial charge on any atom is -0.351 e. The molecule has 2 aromatic carbocycles. The van der Waals surface area contributed by atoms with Crippen molar-refractivity contribution in [1.82, 2.24) is 15.1 Å². The first-order valence-electron chi connectivity index (χ1n) is 7.62. The predicted octanol–water partition coefficient (Wildman–Crippen LogP) is 6.03. The molecule has 0 spiro atoms. The summed E-state index contributed by atoms with van der Waals surface area (Å²) in [7, 11) is 0. The van der Waals surface area contributed by atoms with Crippen LogP contribution in [0.15, 0.2) is 46.8 Å². The molecule has 0 aliphatic carbocycles. The number of hydrogen-bond acceptors (Lipinski definition) is 5. The van der Waals surface area contributed by atoms with Crippen LogP contribution in [0.4, 0.5) is 0 Å². The number of nitrogens with one attached hydrogen (secondary N) is 1. The molecule has 0 saturated carbocycles. The van der Waals surface area contributed by atoms with Gasteiger partial charge in [-0.25, -0.2) is 4.68 Å². The fraction of sp³-hybridized carbons (Fsp3) is 0.118. The quantitative estimate of drug-likeness (QED) is 0.348. The molecule has 3 rings (SSSR count). The van der Waals surface area contributed by atoms with Crippen molar-refractivity contribution >= 4 is 76.0 Å². The molecule has 0 atom stereocenters. The zero-order valence-electron chi connectivity index (χ0n) is 13.6. The molecule has 0 saturated heterocycles. The molecule has 0 aliphatic rings. The second-order valence-electron chi connectivity index (χ2n) is 5.34. The van der Waals surface area contributed by atoms with Gasteiger partial charge in [-0.15, -0.1) is 5.10 Å². The van der Waals surface area contributed by atoms with Crippen LogP contribution < -0.4 is 5.32 Å². The minimum absolute atomic E-state index is 0.0952. The number of aromatic nitrogens is 2. The van der Waals surface area contributed by atoms with Crippen LogP contribution in [-0.2, 0) is 11.3 Å². The van der Waals surface area contributed by atoms with Crippen LogP contribution in [-0.4, -0.2) is 21.4 Å². The van der Waals surface area contributed by atoms with Gasteiger partial charge in [-0.2, -0.15) is 0 Å². The third-order valence-corrected chi connectivity index (χ3v) is 6.72. The molecule has 1 heterocycles. The number of halogens is 3. The summed E-state index contributed by atoms with van der Waals surface area (Å²) in [6.07, 6.45) is 0. The summed E-state index contributed by atoms with van der Waals surface area (Å²) < 4.78 is 2.87. The Morgan fingerprint density at radius 2 is 2.00 bits per heavy atom. The van der Waals surface area contributed by atoms with Crippen molar-refractivity contribution in [3.05, 3.63) is 67.1 Å². The molecule has 140 valence electrons. The summed E-state index contributed by atoms with van der Waals surface area (Å²) in [6.45, 7) is 0.424. The molecule has 1 amide bonds. The van der Waals surface area contributed by atoms with E-state index in [1.165, 1.54) is 23.1 Å². The van der Waals surface area contributed by atoms with E-state index in [1.54, 1.807) is 28.9 Å². The SMILES string of the molecule is O=C(CSc1nn(-c2ccc(Cl)c(Cl)c2)c(=S)s1)NCc1cccc(Cl)c1. The van der Waals surface area contributed by atoms with Gasteiger partial charge in [0.15, 0.2) is 8.29 Å². The molecule has 0 radical (unpaired) electrons. The predicted molar refractivity (Wildman–Crippen MR) is 116 cm³/mol. The molecule has 0 unspecified atom stereocenters. The van der Waals surface area contributed by atoms with Gasteiger partial charge in [-0.1, -0.05) is 70.0 Å². The van der Waals surface area contributed by atoms with E-state index in [0.29, 0.717) is 29.9 Å². The maximum atomic E-state index is 12.1. The Morgan fingerprint density at radius 3 is 2.74 bits per heavy atom. The van der Waals surface area contributed by atoms with E-state index in [2.05, 4.69) is 10.4 Å². The lowest BCUT2D eigenvalue weighted by Gasteiger charge is -2.05. The zero-order chi connectivity index (χ0) is 19.4. The Balaban J connectivity index is 1.59. The van der Waals surface area contributed by atoms with Crippen LogP contribution in [0.1, 0.15) is 5.56 Å². The molecule has 4 nitrogen and oxygen atoms in total. The highest BCUT2D eigenvalue weighted by molar-refractivity contribution is 8.01. The number of amides is 1. The van der Waals surface area contributed by atoms with Crippen molar-refractivity contribution in [2.24, 2.45) is 0 Å². The molecule has 3 aromatic rings. The Labute approximate surface area is 184 Å². The van der Waals surface area contributed by atoms with Crippen molar-refractivity contribution in [3.63, 3.8) is 0 Å². The molecule has 0 fully saturated rings. The zero-order valence-corrected chi connectivity index (χ0v) is 18.3. The molecular weight excluding hydrogens is 465 g/mol. The first kappa shape index (κ1) is 20.6. The maximum Gasteiger partial charge on any atom is 0.230 e. The third-order valence-electron chi connectivity index (χ3n) is 3.38.